The number of anilines is 1. The predicted molar refractivity (Wildman–Crippen MR) is 139 cm³/mol. The Morgan fingerprint density at radius 2 is 1.83 bits per heavy atom. The number of nitrogens with zero attached hydrogens (tertiary/aromatic N) is 3. The highest BCUT2D eigenvalue weighted by Crippen LogP contribution is 2.37. The van der Waals surface area contributed by atoms with Crippen LogP contribution in [-0.4, -0.2) is 40.6 Å². The predicted octanol–water partition coefficient (Wildman–Crippen LogP) is 4.59. The average Bonchev–Trinajstić information content (AvgIpc) is 3.33. The summed E-state index contributed by atoms with van der Waals surface area (Å²) in [6.07, 6.45) is 8.12. The van der Waals surface area contributed by atoms with E-state index in [-0.39, 0.29) is 5.91 Å². The summed E-state index contributed by atoms with van der Waals surface area (Å²) in [5, 5.41) is 2.96. The zero-order chi connectivity index (χ0) is 25.1. The second kappa shape index (κ2) is 10.4. The maximum Gasteiger partial charge on any atom is 0.255 e. The Labute approximate surface area is 210 Å². The number of carbonyl (C=O) groups is 1. The van der Waals surface area contributed by atoms with Gasteiger partial charge >= 0.3 is 0 Å². The molecule has 0 atom stereocenters. The van der Waals surface area contributed by atoms with Gasteiger partial charge in [-0.1, -0.05) is 36.4 Å². The van der Waals surface area contributed by atoms with Crippen molar-refractivity contribution in [3.63, 3.8) is 0 Å². The van der Waals surface area contributed by atoms with E-state index in [2.05, 4.69) is 14.7 Å². The first-order valence-electron chi connectivity index (χ1n) is 12.2. The van der Waals surface area contributed by atoms with Gasteiger partial charge in [-0.05, 0) is 43.4 Å². The Kier molecular flexibility index (Phi) is 6.86. The van der Waals surface area contributed by atoms with Crippen molar-refractivity contribution in [3.05, 3.63) is 77.9 Å². The van der Waals surface area contributed by atoms with Gasteiger partial charge in [0, 0.05) is 37.5 Å². The molecule has 2 aromatic heterocycles. The number of ether oxygens (including phenoxy) is 2. The smallest absolute Gasteiger partial charge is 0.255 e. The van der Waals surface area contributed by atoms with Gasteiger partial charge in [-0.3, -0.25) is 9.20 Å². The Morgan fingerprint density at radius 1 is 1.08 bits per heavy atom. The zero-order valence-electron chi connectivity index (χ0n) is 20.6. The van der Waals surface area contributed by atoms with Crippen molar-refractivity contribution in [3.8, 4) is 17.0 Å². The van der Waals surface area contributed by atoms with Crippen LogP contribution in [0.5, 0.6) is 5.75 Å². The molecule has 5 rings (SSSR count). The average molecular weight is 486 g/mol. The van der Waals surface area contributed by atoms with Gasteiger partial charge < -0.3 is 20.5 Å². The molecule has 2 heterocycles. The Morgan fingerprint density at radius 3 is 2.56 bits per heavy atom. The van der Waals surface area contributed by atoms with Gasteiger partial charge in [-0.15, -0.1) is 0 Å². The molecule has 8 heteroatoms. The molecule has 0 saturated heterocycles. The van der Waals surface area contributed by atoms with Crippen LogP contribution >= 0.6 is 0 Å². The van der Waals surface area contributed by atoms with E-state index in [1.165, 1.54) is 0 Å². The summed E-state index contributed by atoms with van der Waals surface area (Å²) in [6.45, 7) is 0.402. The van der Waals surface area contributed by atoms with E-state index >= 15 is 0 Å². The first-order chi connectivity index (χ1) is 17.6. The molecule has 0 aliphatic heterocycles. The third-order valence-electron chi connectivity index (χ3n) is 7.02. The van der Waals surface area contributed by atoms with Crippen molar-refractivity contribution in [2.45, 2.75) is 44.2 Å². The molecule has 36 heavy (non-hydrogen) atoms. The highest BCUT2D eigenvalue weighted by molar-refractivity contribution is 5.96. The number of fused-ring (bicyclic) bond motifs is 1. The summed E-state index contributed by atoms with van der Waals surface area (Å²) in [5.74, 6) is 2.21. The summed E-state index contributed by atoms with van der Waals surface area (Å²) < 4.78 is 12.9. The van der Waals surface area contributed by atoms with Crippen LogP contribution in [0.2, 0.25) is 0 Å². The van der Waals surface area contributed by atoms with E-state index in [0.717, 1.165) is 53.8 Å². The monoisotopic (exact) mass is 485 g/mol. The lowest BCUT2D eigenvalue weighted by Crippen LogP contribution is -2.23. The van der Waals surface area contributed by atoms with Crippen molar-refractivity contribution in [2.24, 2.45) is 0 Å². The number of hydrogen-bond donors (Lipinski definition) is 2. The van der Waals surface area contributed by atoms with Crippen molar-refractivity contribution in [2.75, 3.05) is 20.0 Å². The zero-order valence-corrected chi connectivity index (χ0v) is 20.6. The van der Waals surface area contributed by atoms with Crippen LogP contribution in [0.25, 0.3) is 16.8 Å². The fraction of sp³-hybridized carbons (Fsp3) is 0.321. The first-order valence-corrected chi connectivity index (χ1v) is 12.2. The van der Waals surface area contributed by atoms with E-state index in [1.807, 2.05) is 42.6 Å². The fourth-order valence-corrected chi connectivity index (χ4v) is 5.02. The summed E-state index contributed by atoms with van der Waals surface area (Å²) in [6, 6.07) is 15.2. The molecule has 8 nitrogen and oxygen atoms in total. The van der Waals surface area contributed by atoms with E-state index < -0.39 is 0 Å². The van der Waals surface area contributed by atoms with Crippen LogP contribution in [0.15, 0.2) is 60.9 Å². The van der Waals surface area contributed by atoms with Crippen LogP contribution in [0.3, 0.4) is 0 Å². The molecule has 1 amide bonds. The van der Waals surface area contributed by atoms with Gasteiger partial charge in [0.2, 0.25) is 0 Å². The highest BCUT2D eigenvalue weighted by atomic mass is 16.5. The van der Waals surface area contributed by atoms with Crippen molar-refractivity contribution in [1.82, 2.24) is 19.7 Å². The number of imidazole rings is 1. The molecule has 1 aliphatic carbocycles. The minimum absolute atomic E-state index is 0.177. The molecule has 1 aliphatic rings. The molecular weight excluding hydrogens is 454 g/mol. The molecule has 2 aromatic carbocycles. The van der Waals surface area contributed by atoms with Gasteiger partial charge in [0.15, 0.2) is 0 Å². The minimum Gasteiger partial charge on any atom is -0.496 e. The van der Waals surface area contributed by atoms with E-state index in [9.17, 15) is 4.79 Å². The van der Waals surface area contributed by atoms with Crippen LogP contribution in [0, 0.1) is 0 Å². The third-order valence-corrected chi connectivity index (χ3v) is 7.02. The lowest BCUT2D eigenvalue weighted by atomic mass is 9.87. The number of benzene rings is 2. The standard InChI is InChI=1S/C28H31N5O3/c1-35-21-13-11-20(12-14-21)27-32-24(25-26(29)30-15-16-33(25)27)19-9-7-18(8-10-19)17-31-28(34)22-5-3-4-6-23(22)36-2/h3-10,15-16,20-21H,11-14,17H2,1-2H3,(H2,29,30)(H,31,34). The first kappa shape index (κ1) is 23.8. The second-order valence-corrected chi connectivity index (χ2v) is 9.14. The van der Waals surface area contributed by atoms with Crippen molar-refractivity contribution in [1.29, 1.82) is 0 Å². The molecule has 0 bridgehead atoms. The number of carbonyl (C=O) groups excluding carboxylic acids is 1. The summed E-state index contributed by atoms with van der Waals surface area (Å²) in [5.41, 5.74) is 10.4. The lowest BCUT2D eigenvalue weighted by Gasteiger charge is -2.26. The number of aromatic nitrogens is 3. The van der Waals surface area contributed by atoms with Crippen LogP contribution in [0.4, 0.5) is 5.82 Å². The van der Waals surface area contributed by atoms with Crippen LogP contribution in [-0.2, 0) is 11.3 Å². The Bertz CT molecular complexity index is 1360. The molecule has 0 radical (unpaired) electrons. The maximum atomic E-state index is 12.6. The second-order valence-electron chi connectivity index (χ2n) is 9.14. The molecule has 0 spiro atoms. The van der Waals surface area contributed by atoms with Crippen LogP contribution in [0.1, 0.15) is 53.3 Å². The van der Waals surface area contributed by atoms with E-state index in [0.29, 0.717) is 35.7 Å². The molecule has 186 valence electrons. The number of methoxy groups -OCH3 is 2. The third kappa shape index (κ3) is 4.64. The van der Waals surface area contributed by atoms with Crippen LogP contribution < -0.4 is 15.8 Å². The number of para-hydroxylation sites is 1. The number of nitrogens with one attached hydrogen (secondary N) is 1. The SMILES string of the molecule is COc1ccccc1C(=O)NCc1ccc(-c2nc(C3CCC(OC)CC3)n3ccnc(N)c23)cc1. The van der Waals surface area contributed by atoms with Gasteiger partial charge in [0.05, 0.1) is 18.8 Å². The fourth-order valence-electron chi connectivity index (χ4n) is 5.02. The normalized spacial score (nSPS) is 17.7. The number of rotatable bonds is 7. The van der Waals surface area contributed by atoms with Crippen molar-refractivity contribution < 1.29 is 14.3 Å². The summed E-state index contributed by atoms with van der Waals surface area (Å²) in [4.78, 5) is 22.0. The maximum absolute atomic E-state index is 12.6. The quantitative estimate of drug-likeness (QED) is 0.397. The summed E-state index contributed by atoms with van der Waals surface area (Å²) >= 11 is 0. The molecule has 3 N–H and O–H groups in total. The largest absolute Gasteiger partial charge is 0.496 e. The molecular formula is C28H31N5O3. The summed E-state index contributed by atoms with van der Waals surface area (Å²) in [7, 11) is 3.34. The number of nitrogens with two attached hydrogens (primary N) is 1. The van der Waals surface area contributed by atoms with Crippen molar-refractivity contribution >= 4 is 17.2 Å². The molecule has 0 unspecified atom stereocenters. The highest BCUT2D eigenvalue weighted by Gasteiger charge is 2.27. The van der Waals surface area contributed by atoms with E-state index in [4.69, 9.17) is 20.2 Å². The molecule has 1 fully saturated rings. The molecule has 1 saturated carbocycles. The Balaban J connectivity index is 1.37. The van der Waals surface area contributed by atoms with Gasteiger partial charge in [-0.25, -0.2) is 9.97 Å². The number of nitrogen functional groups attached to an aromatic ring is 1. The number of amides is 1. The topological polar surface area (TPSA) is 104 Å². The Hall–Kier alpha value is -3.91. The minimum atomic E-state index is -0.177. The molecule has 4 aromatic rings. The van der Waals surface area contributed by atoms with E-state index in [1.54, 1.807) is 32.5 Å². The number of hydrogen-bond acceptors (Lipinski definition) is 6. The lowest BCUT2D eigenvalue weighted by molar-refractivity contribution is 0.0650. The van der Waals surface area contributed by atoms with Gasteiger partial charge in [-0.2, -0.15) is 0 Å². The van der Waals surface area contributed by atoms with Gasteiger partial charge in [0.25, 0.3) is 5.91 Å². The van der Waals surface area contributed by atoms with Gasteiger partial charge in [0.1, 0.15) is 28.6 Å².